The molecule has 0 aliphatic rings. The molecule has 0 aromatic carbocycles. The highest BCUT2D eigenvalue weighted by molar-refractivity contribution is 6.33. The predicted molar refractivity (Wildman–Crippen MR) is 48.3 cm³/mol. The lowest BCUT2D eigenvalue weighted by atomic mass is 10.1. The Hall–Kier alpha value is -0.270. The molecule has 0 fully saturated rings. The van der Waals surface area contributed by atoms with Crippen LogP contribution < -0.4 is 0 Å². The second kappa shape index (κ2) is 3.42. The molecule has 0 aliphatic heterocycles. The molecule has 0 bridgehead atoms. The summed E-state index contributed by atoms with van der Waals surface area (Å²) in [4.78, 5) is 3.61. The van der Waals surface area contributed by atoms with Crippen LogP contribution in [0, 0.1) is 0 Å². The molecule has 3 heteroatoms. The zero-order valence-electron chi connectivity index (χ0n) is 12.4. The van der Waals surface area contributed by atoms with Gasteiger partial charge in [0.25, 0.3) is 0 Å². The Morgan fingerprint density at radius 1 is 1.55 bits per heavy atom. The van der Waals surface area contributed by atoms with Crippen LogP contribution in [0.15, 0.2) is 12.1 Å². The summed E-state index contributed by atoms with van der Waals surface area (Å²) in [6.45, 7) is -6.20. The second-order valence-corrected chi connectivity index (χ2v) is 2.69. The minimum absolute atomic E-state index is 0.0233. The van der Waals surface area contributed by atoms with E-state index < -0.39 is 25.3 Å². The monoisotopic (exact) mass is 196 g/mol. The van der Waals surface area contributed by atoms with Crippen LogP contribution in [-0.2, 0) is 0 Å². The standard InChI is InChI=1S/C8H9Cl2N/c1-5(2)7-3-6(9)4-8(10)11-7/h3-5H,1-2H3/i1D3,2D3,5D. The lowest BCUT2D eigenvalue weighted by molar-refractivity contribution is 0.823. The Kier molecular flexibility index (Phi) is 1.00. The molecule has 1 aromatic heterocycles. The van der Waals surface area contributed by atoms with E-state index in [-0.39, 0.29) is 10.2 Å². The van der Waals surface area contributed by atoms with E-state index in [0.29, 0.717) is 0 Å². The first kappa shape index (κ1) is 3.23. The van der Waals surface area contributed by atoms with Gasteiger partial charge in [0.2, 0.25) is 0 Å². The number of halogens is 2. The Morgan fingerprint density at radius 3 is 2.82 bits per heavy atom. The van der Waals surface area contributed by atoms with Gasteiger partial charge in [-0.25, -0.2) is 4.98 Å². The summed E-state index contributed by atoms with van der Waals surface area (Å²) < 4.78 is 51.5. The van der Waals surface area contributed by atoms with Crippen molar-refractivity contribution in [2.75, 3.05) is 0 Å². The smallest absolute Gasteiger partial charge is 0.130 e. The molecule has 1 rings (SSSR count). The van der Waals surface area contributed by atoms with Crippen molar-refractivity contribution in [2.45, 2.75) is 19.6 Å². The first-order valence-corrected chi connectivity index (χ1v) is 3.49. The molecule has 0 aliphatic carbocycles. The van der Waals surface area contributed by atoms with Gasteiger partial charge in [0.05, 0.1) is 0 Å². The summed E-state index contributed by atoms with van der Waals surface area (Å²) in [5, 5.41) is -0.141. The minimum Gasteiger partial charge on any atom is -0.241 e. The lowest BCUT2D eigenvalue weighted by Crippen LogP contribution is -1.91. The highest BCUT2D eigenvalue weighted by atomic mass is 35.5. The van der Waals surface area contributed by atoms with Crippen molar-refractivity contribution < 1.29 is 9.60 Å². The normalized spacial score (nSPS) is 23.3. The van der Waals surface area contributed by atoms with Crippen molar-refractivity contribution in [1.29, 1.82) is 0 Å². The van der Waals surface area contributed by atoms with E-state index in [0.717, 1.165) is 6.07 Å². The number of hydrogen-bond donors (Lipinski definition) is 0. The lowest BCUT2D eigenvalue weighted by Gasteiger charge is -2.04. The van der Waals surface area contributed by atoms with Crippen molar-refractivity contribution in [3.63, 3.8) is 0 Å². The molecule has 60 valence electrons. The van der Waals surface area contributed by atoms with Crippen LogP contribution in [0.5, 0.6) is 0 Å². The summed E-state index contributed by atoms with van der Waals surface area (Å²) >= 11 is 11.3. The molecule has 0 amide bonds. The molecule has 1 heterocycles. The number of hydrogen-bond acceptors (Lipinski definition) is 1. The molecular formula is C8H9Cl2N. The quantitative estimate of drug-likeness (QED) is 0.627. The molecule has 0 N–H and O–H groups in total. The van der Waals surface area contributed by atoms with E-state index in [4.69, 9.17) is 32.8 Å². The summed E-state index contributed by atoms with van der Waals surface area (Å²) in [7, 11) is 0. The van der Waals surface area contributed by atoms with Crippen LogP contribution in [-0.4, -0.2) is 4.98 Å². The van der Waals surface area contributed by atoms with E-state index in [1.54, 1.807) is 0 Å². The van der Waals surface area contributed by atoms with Gasteiger partial charge >= 0.3 is 0 Å². The van der Waals surface area contributed by atoms with Gasteiger partial charge in [-0.3, -0.25) is 0 Å². The van der Waals surface area contributed by atoms with Crippen LogP contribution in [0.1, 0.15) is 34.9 Å². The molecule has 0 saturated heterocycles. The Labute approximate surface area is 86.2 Å². The van der Waals surface area contributed by atoms with Crippen molar-refractivity contribution in [3.8, 4) is 0 Å². The van der Waals surface area contributed by atoms with Crippen molar-refractivity contribution in [1.82, 2.24) is 4.98 Å². The molecule has 0 radical (unpaired) electrons. The average Bonchev–Trinajstić information content (AvgIpc) is 2.11. The maximum atomic E-state index is 7.85. The molecule has 1 aromatic rings. The van der Waals surface area contributed by atoms with Gasteiger partial charge in [0.15, 0.2) is 0 Å². The van der Waals surface area contributed by atoms with Crippen molar-refractivity contribution in [3.05, 3.63) is 28.0 Å². The molecule has 1 nitrogen and oxygen atoms in total. The molecular weight excluding hydrogens is 181 g/mol. The number of nitrogens with zero attached hydrogens (tertiary/aromatic N) is 1. The molecule has 0 unspecified atom stereocenters. The number of rotatable bonds is 1. The zero-order valence-corrected chi connectivity index (χ0v) is 6.87. The van der Waals surface area contributed by atoms with Crippen LogP contribution in [0.25, 0.3) is 0 Å². The Balaban J connectivity index is 3.55. The van der Waals surface area contributed by atoms with E-state index in [9.17, 15) is 0 Å². The van der Waals surface area contributed by atoms with Gasteiger partial charge in [-0.2, -0.15) is 0 Å². The fourth-order valence-electron chi connectivity index (χ4n) is 0.594. The molecule has 0 atom stereocenters. The maximum absolute atomic E-state index is 7.85. The van der Waals surface area contributed by atoms with Gasteiger partial charge < -0.3 is 0 Å². The maximum Gasteiger partial charge on any atom is 0.130 e. The third-order valence-corrected chi connectivity index (χ3v) is 1.43. The average molecular weight is 197 g/mol. The SMILES string of the molecule is [2H]C([2H])([2H])C([2H])(c1cc(Cl)cc(Cl)n1)C([2H])([2H])[2H]. The Bertz CT molecular complexity index is 419. The zero-order chi connectivity index (χ0) is 14.4. The van der Waals surface area contributed by atoms with Gasteiger partial charge in [-0.15, -0.1) is 0 Å². The van der Waals surface area contributed by atoms with Gasteiger partial charge in [-0.1, -0.05) is 36.9 Å². The van der Waals surface area contributed by atoms with Crippen LogP contribution >= 0.6 is 23.2 Å². The molecule has 0 spiro atoms. The molecule has 11 heavy (non-hydrogen) atoms. The second-order valence-electron chi connectivity index (χ2n) is 1.87. The van der Waals surface area contributed by atoms with Crippen LogP contribution in [0.4, 0.5) is 0 Å². The Morgan fingerprint density at radius 2 is 2.27 bits per heavy atom. The van der Waals surface area contributed by atoms with Gasteiger partial charge in [-0.05, 0) is 18.0 Å². The number of aromatic nitrogens is 1. The fourth-order valence-corrected chi connectivity index (χ4v) is 1.06. The van der Waals surface area contributed by atoms with Crippen molar-refractivity contribution >= 4 is 23.2 Å². The number of pyridine rings is 1. The van der Waals surface area contributed by atoms with E-state index in [1.165, 1.54) is 6.07 Å². The van der Waals surface area contributed by atoms with Crippen molar-refractivity contribution in [2.24, 2.45) is 0 Å². The third-order valence-electron chi connectivity index (χ3n) is 1.01. The van der Waals surface area contributed by atoms with E-state index >= 15 is 0 Å². The first-order chi connectivity index (χ1) is 7.89. The fraction of sp³-hybridized carbons (Fsp3) is 0.375. The summed E-state index contributed by atoms with van der Waals surface area (Å²) in [5.41, 5.74) is -0.500. The minimum atomic E-state index is -3.10. The van der Waals surface area contributed by atoms with Crippen LogP contribution in [0.3, 0.4) is 0 Å². The summed E-state index contributed by atoms with van der Waals surface area (Å²) in [6.07, 6.45) is 0. The predicted octanol–water partition coefficient (Wildman–Crippen LogP) is 3.51. The van der Waals surface area contributed by atoms with E-state index in [1.807, 2.05) is 0 Å². The largest absolute Gasteiger partial charge is 0.241 e. The first-order valence-electron chi connectivity index (χ1n) is 6.23. The summed E-state index contributed by atoms with van der Waals surface area (Å²) in [5.74, 6) is -2.88. The third kappa shape index (κ3) is 2.35. The van der Waals surface area contributed by atoms with Gasteiger partial charge in [0.1, 0.15) is 5.15 Å². The highest BCUT2D eigenvalue weighted by Crippen LogP contribution is 2.20. The topological polar surface area (TPSA) is 12.9 Å². The highest BCUT2D eigenvalue weighted by Gasteiger charge is 2.02. The summed E-state index contributed by atoms with van der Waals surface area (Å²) in [6, 6.07) is 2.26. The van der Waals surface area contributed by atoms with Crippen LogP contribution in [0.2, 0.25) is 10.2 Å². The van der Waals surface area contributed by atoms with E-state index in [2.05, 4.69) is 4.98 Å². The van der Waals surface area contributed by atoms with Gasteiger partial charge in [0, 0.05) is 20.3 Å². The molecule has 0 saturated carbocycles.